The van der Waals surface area contributed by atoms with E-state index >= 15 is 0 Å². The molecule has 3 aliphatic rings. The minimum Gasteiger partial charge on any atom is -0.379 e. The molecule has 1 saturated heterocycles. The van der Waals surface area contributed by atoms with Gasteiger partial charge in [-0.3, -0.25) is 14.5 Å². The predicted octanol–water partition coefficient (Wildman–Crippen LogP) is 3.36. The minimum atomic E-state index is -0.180. The molecule has 2 aromatic rings. The number of carbonyl (C=O) groups excluding carboxylic acids is 2. The molecule has 1 unspecified atom stereocenters. The Morgan fingerprint density at radius 1 is 1.08 bits per heavy atom. The van der Waals surface area contributed by atoms with Crippen molar-refractivity contribution < 1.29 is 14.3 Å². The normalized spacial score (nSPS) is 20.9. The van der Waals surface area contributed by atoms with Crippen molar-refractivity contribution in [2.75, 3.05) is 45.9 Å². The molecule has 0 radical (unpaired) electrons. The van der Waals surface area contributed by atoms with Crippen LogP contribution in [-0.4, -0.2) is 82.8 Å². The smallest absolute Gasteiger partial charge is 0.262 e. The maximum atomic E-state index is 13.9. The van der Waals surface area contributed by atoms with Gasteiger partial charge in [0.05, 0.1) is 30.7 Å². The van der Waals surface area contributed by atoms with Gasteiger partial charge in [-0.05, 0) is 37.5 Å². The van der Waals surface area contributed by atoms with Gasteiger partial charge in [-0.15, -0.1) is 0 Å². The molecule has 3 heterocycles. The van der Waals surface area contributed by atoms with Crippen LogP contribution in [0.25, 0.3) is 0 Å². The highest BCUT2D eigenvalue weighted by Gasteiger charge is 2.36. The van der Waals surface area contributed by atoms with E-state index in [-0.39, 0.29) is 30.3 Å². The Kier molecular flexibility index (Phi) is 8.05. The van der Waals surface area contributed by atoms with Crippen LogP contribution in [0.3, 0.4) is 0 Å². The zero-order valence-corrected chi connectivity index (χ0v) is 22.1. The molecular weight excluding hydrogens is 466 g/mol. The molecule has 198 valence electrons. The molecule has 1 aromatic carbocycles. The van der Waals surface area contributed by atoms with Crippen LogP contribution in [-0.2, 0) is 21.4 Å². The summed E-state index contributed by atoms with van der Waals surface area (Å²) in [7, 11) is 2.00. The first-order valence-corrected chi connectivity index (χ1v) is 13.7. The van der Waals surface area contributed by atoms with Crippen molar-refractivity contribution >= 4 is 17.5 Å². The van der Waals surface area contributed by atoms with Gasteiger partial charge in [0, 0.05) is 51.8 Å². The van der Waals surface area contributed by atoms with Crippen LogP contribution >= 0.6 is 0 Å². The Hall–Kier alpha value is -2.97. The molecule has 8 nitrogen and oxygen atoms in total. The van der Waals surface area contributed by atoms with Gasteiger partial charge in [0.25, 0.3) is 5.91 Å². The van der Waals surface area contributed by atoms with E-state index in [1.54, 1.807) is 9.91 Å². The largest absolute Gasteiger partial charge is 0.379 e. The number of nitrogens with zero attached hydrogens (tertiary/aromatic N) is 5. The molecule has 0 bridgehead atoms. The Bertz CT molecular complexity index is 1110. The van der Waals surface area contributed by atoms with Gasteiger partial charge >= 0.3 is 0 Å². The highest BCUT2D eigenvalue weighted by Crippen LogP contribution is 2.33. The first kappa shape index (κ1) is 25.7. The number of aromatic nitrogens is 1. The maximum absolute atomic E-state index is 13.9. The molecule has 2 aliphatic heterocycles. The summed E-state index contributed by atoms with van der Waals surface area (Å²) in [5.74, 6) is 0.0336. The van der Waals surface area contributed by atoms with Gasteiger partial charge in [-0.1, -0.05) is 42.7 Å². The third kappa shape index (κ3) is 5.96. The summed E-state index contributed by atoms with van der Waals surface area (Å²) in [5, 5.41) is 6.48. The van der Waals surface area contributed by atoms with Gasteiger partial charge in [0.15, 0.2) is 0 Å². The van der Waals surface area contributed by atoms with E-state index in [0.29, 0.717) is 13.0 Å². The van der Waals surface area contributed by atoms with Crippen molar-refractivity contribution in [2.45, 2.75) is 45.1 Å². The fraction of sp³-hybridized carbons (Fsp3) is 0.552. The first-order chi connectivity index (χ1) is 18.0. The van der Waals surface area contributed by atoms with E-state index in [1.165, 1.54) is 5.56 Å². The van der Waals surface area contributed by atoms with Crippen LogP contribution < -0.4 is 0 Å². The number of rotatable bonds is 8. The molecule has 0 N–H and O–H groups in total. The molecule has 37 heavy (non-hydrogen) atoms. The van der Waals surface area contributed by atoms with Crippen LogP contribution in [0, 0.1) is 12.8 Å². The average molecular weight is 506 g/mol. The number of ether oxygens (including phenoxy) is 1. The lowest BCUT2D eigenvalue weighted by molar-refractivity contribution is -0.144. The van der Waals surface area contributed by atoms with Crippen molar-refractivity contribution in [2.24, 2.45) is 18.1 Å². The monoisotopic (exact) mass is 505 g/mol. The van der Waals surface area contributed by atoms with Gasteiger partial charge in [-0.25, -0.2) is 5.01 Å². The lowest BCUT2D eigenvalue weighted by Crippen LogP contribution is -2.47. The second-order valence-corrected chi connectivity index (χ2v) is 10.6. The van der Waals surface area contributed by atoms with Crippen LogP contribution in [0.2, 0.25) is 0 Å². The molecule has 1 atom stereocenters. The number of aryl methyl sites for hydroxylation is 2. The van der Waals surface area contributed by atoms with Crippen LogP contribution in [0.5, 0.6) is 0 Å². The third-order valence-corrected chi connectivity index (χ3v) is 8.00. The number of hydrogen-bond acceptors (Lipinski definition) is 5. The molecular formula is C29H39N5O3. The quantitative estimate of drug-likeness (QED) is 0.552. The summed E-state index contributed by atoms with van der Waals surface area (Å²) in [6.07, 6.45) is 6.67. The fourth-order valence-electron chi connectivity index (χ4n) is 5.72. The molecule has 2 fully saturated rings. The summed E-state index contributed by atoms with van der Waals surface area (Å²) in [6, 6.07) is 12.2. The molecule has 1 aliphatic carbocycles. The van der Waals surface area contributed by atoms with Crippen LogP contribution in [0.4, 0.5) is 0 Å². The molecule has 5 rings (SSSR count). The maximum Gasteiger partial charge on any atom is 0.262 e. The molecule has 1 aromatic heterocycles. The lowest BCUT2D eigenvalue weighted by atomic mass is 9.99. The van der Waals surface area contributed by atoms with E-state index in [4.69, 9.17) is 9.84 Å². The fourth-order valence-corrected chi connectivity index (χ4v) is 5.72. The topological polar surface area (TPSA) is 70.4 Å². The van der Waals surface area contributed by atoms with Gasteiger partial charge in [0.2, 0.25) is 5.91 Å². The SMILES string of the molecule is Cc1ccc(C2CC(c3cccn3C)=NN2C(=O)CN(CCN2CCOCC2)C(=O)C2CCCC2)cc1. The number of morpholine rings is 1. The van der Waals surface area contributed by atoms with Crippen molar-refractivity contribution in [3.05, 3.63) is 59.4 Å². The van der Waals surface area contributed by atoms with Gasteiger partial charge in [0.1, 0.15) is 6.54 Å². The molecule has 2 amide bonds. The zero-order chi connectivity index (χ0) is 25.8. The minimum absolute atomic E-state index is 0.0337. The summed E-state index contributed by atoms with van der Waals surface area (Å²) in [6.45, 7) is 6.61. The van der Waals surface area contributed by atoms with Crippen LogP contribution in [0.15, 0.2) is 47.7 Å². The highest BCUT2D eigenvalue weighted by molar-refractivity contribution is 6.02. The van der Waals surface area contributed by atoms with E-state index in [0.717, 1.165) is 75.5 Å². The van der Waals surface area contributed by atoms with E-state index in [1.807, 2.05) is 29.9 Å². The first-order valence-electron chi connectivity index (χ1n) is 13.7. The Labute approximate surface area is 219 Å². The summed E-state index contributed by atoms with van der Waals surface area (Å²) >= 11 is 0. The Morgan fingerprint density at radius 2 is 1.81 bits per heavy atom. The molecule has 0 spiro atoms. The van der Waals surface area contributed by atoms with Crippen molar-refractivity contribution in [3.63, 3.8) is 0 Å². The van der Waals surface area contributed by atoms with Gasteiger partial charge < -0.3 is 14.2 Å². The average Bonchev–Trinajstić information content (AvgIpc) is 3.68. The standard InChI is InChI=1S/C29H39N5O3/c1-22-9-11-23(12-10-22)27-20-25(26-8-5-13-31(26)2)30-34(27)28(35)21-33(29(36)24-6-3-4-7-24)15-14-32-16-18-37-19-17-32/h5,8-13,24,27H,3-4,6-7,14-21H2,1-2H3. The lowest BCUT2D eigenvalue weighted by Gasteiger charge is -2.32. The number of carbonyl (C=O) groups is 2. The van der Waals surface area contributed by atoms with E-state index < -0.39 is 0 Å². The summed E-state index contributed by atoms with van der Waals surface area (Å²) in [5.41, 5.74) is 4.15. The molecule has 8 heteroatoms. The van der Waals surface area contributed by atoms with E-state index in [2.05, 4.69) is 36.1 Å². The number of amides is 2. The second-order valence-electron chi connectivity index (χ2n) is 10.6. The summed E-state index contributed by atoms with van der Waals surface area (Å²) < 4.78 is 7.52. The van der Waals surface area contributed by atoms with Crippen molar-refractivity contribution in [3.8, 4) is 0 Å². The predicted molar refractivity (Wildman–Crippen MR) is 143 cm³/mol. The zero-order valence-electron chi connectivity index (χ0n) is 22.1. The summed E-state index contributed by atoms with van der Waals surface area (Å²) in [4.78, 5) is 31.5. The number of benzene rings is 1. The second kappa shape index (κ2) is 11.6. The van der Waals surface area contributed by atoms with Crippen molar-refractivity contribution in [1.29, 1.82) is 0 Å². The third-order valence-electron chi connectivity index (χ3n) is 8.00. The van der Waals surface area contributed by atoms with Crippen LogP contribution in [0.1, 0.15) is 55.0 Å². The Balaban J connectivity index is 1.37. The Morgan fingerprint density at radius 3 is 2.49 bits per heavy atom. The molecule has 1 saturated carbocycles. The number of hydrogen-bond donors (Lipinski definition) is 0. The highest BCUT2D eigenvalue weighted by atomic mass is 16.5. The van der Waals surface area contributed by atoms with E-state index in [9.17, 15) is 9.59 Å². The number of hydrazone groups is 1. The van der Waals surface area contributed by atoms with Crippen molar-refractivity contribution in [1.82, 2.24) is 19.4 Å². The van der Waals surface area contributed by atoms with Gasteiger partial charge in [-0.2, -0.15) is 5.10 Å².